The normalized spacial score (nSPS) is 21.8. The maximum Gasteiger partial charge on any atom is 0.239 e. The minimum Gasteiger partial charge on any atom is -0.508 e. The highest BCUT2D eigenvalue weighted by molar-refractivity contribution is 5.82. The summed E-state index contributed by atoms with van der Waals surface area (Å²) in [5, 5.41) is 18.8. The number of rotatable bonds is 4. The van der Waals surface area contributed by atoms with Crippen molar-refractivity contribution >= 4 is 5.91 Å². The average Bonchev–Trinajstić information content (AvgIpc) is 2.90. The fourth-order valence-corrected chi connectivity index (χ4v) is 2.59. The zero-order valence-corrected chi connectivity index (χ0v) is 11.7. The standard InChI is InChI=1S/C15H22N2O3/c1-10(18)12-6-7-17(9-12)15(20)14(16)8-11-2-4-13(19)5-3-11/h2-5,10,12,14,18-19H,6-9,16H2,1H3. The SMILES string of the molecule is CC(O)C1CCN(C(=O)C(N)Cc2ccc(O)cc2)C1. The summed E-state index contributed by atoms with van der Waals surface area (Å²) in [6, 6.07) is 6.14. The molecule has 1 heterocycles. The Hall–Kier alpha value is -1.59. The Morgan fingerprint density at radius 1 is 1.45 bits per heavy atom. The molecule has 1 aromatic rings. The third-order valence-electron chi connectivity index (χ3n) is 3.93. The Morgan fingerprint density at radius 3 is 2.65 bits per heavy atom. The summed E-state index contributed by atoms with van der Waals surface area (Å²) in [4.78, 5) is 14.0. The van der Waals surface area contributed by atoms with E-state index in [1.807, 2.05) is 0 Å². The Bertz CT molecular complexity index is 459. The largest absolute Gasteiger partial charge is 0.508 e. The van der Waals surface area contributed by atoms with E-state index in [4.69, 9.17) is 5.73 Å². The summed E-state index contributed by atoms with van der Waals surface area (Å²) in [6.45, 7) is 3.01. The highest BCUT2D eigenvalue weighted by Gasteiger charge is 2.31. The molecule has 0 radical (unpaired) electrons. The number of nitrogens with zero attached hydrogens (tertiary/aromatic N) is 1. The van der Waals surface area contributed by atoms with Gasteiger partial charge in [0.1, 0.15) is 5.75 Å². The first-order chi connectivity index (χ1) is 9.47. The van der Waals surface area contributed by atoms with Crippen LogP contribution in [0.2, 0.25) is 0 Å². The minimum absolute atomic E-state index is 0.0683. The van der Waals surface area contributed by atoms with Crippen LogP contribution in [0.4, 0.5) is 0 Å². The number of aromatic hydroxyl groups is 1. The molecule has 0 aromatic heterocycles. The van der Waals surface area contributed by atoms with Crippen molar-refractivity contribution in [2.75, 3.05) is 13.1 Å². The van der Waals surface area contributed by atoms with Crippen molar-refractivity contribution in [1.29, 1.82) is 0 Å². The van der Waals surface area contributed by atoms with Crippen LogP contribution < -0.4 is 5.73 Å². The van der Waals surface area contributed by atoms with E-state index in [9.17, 15) is 15.0 Å². The van der Waals surface area contributed by atoms with Crippen LogP contribution in [0.25, 0.3) is 0 Å². The molecule has 5 heteroatoms. The molecule has 1 fully saturated rings. The maximum atomic E-state index is 12.3. The van der Waals surface area contributed by atoms with Crippen LogP contribution in [0.15, 0.2) is 24.3 Å². The fraction of sp³-hybridized carbons (Fsp3) is 0.533. The van der Waals surface area contributed by atoms with Crippen molar-refractivity contribution in [1.82, 2.24) is 4.90 Å². The Labute approximate surface area is 119 Å². The van der Waals surface area contributed by atoms with E-state index < -0.39 is 6.04 Å². The Balaban J connectivity index is 1.91. The summed E-state index contributed by atoms with van der Waals surface area (Å²) in [6.07, 6.45) is 0.894. The monoisotopic (exact) mass is 278 g/mol. The van der Waals surface area contributed by atoms with E-state index >= 15 is 0 Å². The first-order valence-electron chi connectivity index (χ1n) is 6.97. The number of benzene rings is 1. The molecule has 2 rings (SSSR count). The van der Waals surface area contributed by atoms with Gasteiger partial charge >= 0.3 is 0 Å². The number of amides is 1. The first-order valence-corrected chi connectivity index (χ1v) is 6.97. The van der Waals surface area contributed by atoms with Gasteiger partial charge in [-0.05, 0) is 37.5 Å². The number of carbonyl (C=O) groups excluding carboxylic acids is 1. The highest BCUT2D eigenvalue weighted by Crippen LogP contribution is 2.20. The van der Waals surface area contributed by atoms with Gasteiger partial charge in [0.2, 0.25) is 5.91 Å². The predicted octanol–water partition coefficient (Wildman–Crippen LogP) is 0.491. The summed E-state index contributed by atoms with van der Waals surface area (Å²) in [5.41, 5.74) is 6.90. The van der Waals surface area contributed by atoms with Gasteiger partial charge in [0.25, 0.3) is 0 Å². The number of aliphatic hydroxyl groups is 1. The van der Waals surface area contributed by atoms with Gasteiger partial charge in [-0.15, -0.1) is 0 Å². The average molecular weight is 278 g/mol. The lowest BCUT2D eigenvalue weighted by molar-refractivity contribution is -0.131. The van der Waals surface area contributed by atoms with Gasteiger partial charge in [0, 0.05) is 19.0 Å². The van der Waals surface area contributed by atoms with E-state index in [2.05, 4.69) is 0 Å². The molecule has 0 bridgehead atoms. The molecule has 4 N–H and O–H groups in total. The number of aliphatic hydroxyl groups excluding tert-OH is 1. The molecule has 110 valence electrons. The molecule has 3 atom stereocenters. The number of hydrogen-bond donors (Lipinski definition) is 3. The lowest BCUT2D eigenvalue weighted by Crippen LogP contribution is -2.44. The van der Waals surface area contributed by atoms with E-state index in [0.717, 1.165) is 12.0 Å². The van der Waals surface area contributed by atoms with Crippen LogP contribution in [-0.4, -0.2) is 46.3 Å². The van der Waals surface area contributed by atoms with Crippen molar-refractivity contribution in [2.24, 2.45) is 11.7 Å². The molecule has 5 nitrogen and oxygen atoms in total. The van der Waals surface area contributed by atoms with Crippen molar-refractivity contribution < 1.29 is 15.0 Å². The molecule has 1 aliphatic rings. The number of nitrogens with two attached hydrogens (primary N) is 1. The molecule has 0 saturated carbocycles. The van der Waals surface area contributed by atoms with Crippen LogP contribution >= 0.6 is 0 Å². The smallest absolute Gasteiger partial charge is 0.239 e. The molecule has 20 heavy (non-hydrogen) atoms. The highest BCUT2D eigenvalue weighted by atomic mass is 16.3. The quantitative estimate of drug-likeness (QED) is 0.748. The van der Waals surface area contributed by atoms with Crippen molar-refractivity contribution in [3.05, 3.63) is 29.8 Å². The zero-order chi connectivity index (χ0) is 14.7. The summed E-state index contributed by atoms with van der Waals surface area (Å²) < 4.78 is 0. The van der Waals surface area contributed by atoms with Gasteiger partial charge in [-0.25, -0.2) is 0 Å². The molecule has 1 saturated heterocycles. The number of phenols is 1. The Kier molecular flexibility index (Phi) is 4.62. The van der Waals surface area contributed by atoms with Crippen molar-refractivity contribution in [2.45, 2.75) is 31.9 Å². The molecular weight excluding hydrogens is 256 g/mol. The predicted molar refractivity (Wildman–Crippen MR) is 76.2 cm³/mol. The summed E-state index contributed by atoms with van der Waals surface area (Å²) in [5.74, 6) is 0.286. The van der Waals surface area contributed by atoms with Crippen LogP contribution in [0.5, 0.6) is 5.75 Å². The Morgan fingerprint density at radius 2 is 2.10 bits per heavy atom. The molecule has 1 aliphatic heterocycles. The second-order valence-electron chi connectivity index (χ2n) is 5.55. The lowest BCUT2D eigenvalue weighted by Gasteiger charge is -2.21. The molecule has 0 spiro atoms. The van der Waals surface area contributed by atoms with Crippen molar-refractivity contribution in [3.63, 3.8) is 0 Å². The van der Waals surface area contributed by atoms with Gasteiger partial charge < -0.3 is 20.8 Å². The number of carbonyl (C=O) groups is 1. The van der Waals surface area contributed by atoms with Gasteiger partial charge in [-0.1, -0.05) is 12.1 Å². The topological polar surface area (TPSA) is 86.8 Å². The lowest BCUT2D eigenvalue weighted by atomic mass is 10.0. The number of likely N-dealkylation sites (tertiary alicyclic amines) is 1. The number of hydrogen-bond acceptors (Lipinski definition) is 4. The van der Waals surface area contributed by atoms with Crippen LogP contribution in [0, 0.1) is 5.92 Å². The van der Waals surface area contributed by atoms with E-state index in [0.29, 0.717) is 19.5 Å². The van der Waals surface area contributed by atoms with Gasteiger partial charge in [-0.2, -0.15) is 0 Å². The second kappa shape index (κ2) is 6.24. The van der Waals surface area contributed by atoms with E-state index in [1.165, 1.54) is 0 Å². The third-order valence-corrected chi connectivity index (χ3v) is 3.93. The van der Waals surface area contributed by atoms with E-state index in [-0.39, 0.29) is 23.7 Å². The fourth-order valence-electron chi connectivity index (χ4n) is 2.59. The van der Waals surface area contributed by atoms with Gasteiger partial charge in [0.05, 0.1) is 12.1 Å². The molecule has 3 unspecified atom stereocenters. The summed E-state index contributed by atoms with van der Waals surface area (Å²) in [7, 11) is 0. The van der Waals surface area contributed by atoms with E-state index in [1.54, 1.807) is 36.1 Å². The van der Waals surface area contributed by atoms with Crippen LogP contribution in [0.1, 0.15) is 18.9 Å². The summed E-state index contributed by atoms with van der Waals surface area (Å²) >= 11 is 0. The molecular formula is C15H22N2O3. The van der Waals surface area contributed by atoms with Gasteiger partial charge in [0.15, 0.2) is 0 Å². The van der Waals surface area contributed by atoms with Crippen LogP contribution in [0.3, 0.4) is 0 Å². The molecule has 1 amide bonds. The first kappa shape index (κ1) is 14.8. The number of phenolic OH excluding ortho intramolecular Hbond substituents is 1. The molecule has 1 aromatic carbocycles. The van der Waals surface area contributed by atoms with Crippen molar-refractivity contribution in [3.8, 4) is 5.75 Å². The van der Waals surface area contributed by atoms with Gasteiger partial charge in [-0.3, -0.25) is 4.79 Å². The zero-order valence-electron chi connectivity index (χ0n) is 11.7. The maximum absolute atomic E-state index is 12.3. The van der Waals surface area contributed by atoms with Crippen LogP contribution in [-0.2, 0) is 11.2 Å². The second-order valence-corrected chi connectivity index (χ2v) is 5.55. The third kappa shape index (κ3) is 3.49. The minimum atomic E-state index is -0.577. The molecule has 0 aliphatic carbocycles.